The van der Waals surface area contributed by atoms with Crippen molar-refractivity contribution in [3.63, 3.8) is 0 Å². The third-order valence-electron chi connectivity index (χ3n) is 1.32. The van der Waals surface area contributed by atoms with Gasteiger partial charge in [0.1, 0.15) is 10.0 Å². The smallest absolute Gasteiger partial charge is 0.143 e. The van der Waals surface area contributed by atoms with Crippen molar-refractivity contribution >= 4 is 28.9 Å². The average Bonchev–Trinajstić information content (AvgIpc) is 2.53. The summed E-state index contributed by atoms with van der Waals surface area (Å²) in [6.07, 6.45) is 0.602. The van der Waals surface area contributed by atoms with E-state index in [1.54, 1.807) is 7.11 Å². The van der Waals surface area contributed by atoms with E-state index in [0.29, 0.717) is 13.0 Å². The highest BCUT2D eigenvalue weighted by atomic mass is 32.1. The second-order valence-electron chi connectivity index (χ2n) is 2.45. The molecule has 0 amide bonds. The van der Waals surface area contributed by atoms with Crippen molar-refractivity contribution in [2.75, 3.05) is 7.11 Å². The van der Waals surface area contributed by atoms with Gasteiger partial charge < -0.3 is 10.5 Å². The van der Waals surface area contributed by atoms with Crippen molar-refractivity contribution in [2.45, 2.75) is 19.1 Å². The van der Waals surface area contributed by atoms with Gasteiger partial charge in [-0.25, -0.2) is 0 Å². The molecule has 0 aliphatic heterocycles. The van der Waals surface area contributed by atoms with E-state index in [2.05, 4.69) is 27.8 Å². The maximum absolute atomic E-state index is 5.58. The molecule has 1 aromatic rings. The molecule has 0 fully saturated rings. The average molecular weight is 216 g/mol. The van der Waals surface area contributed by atoms with Crippen LogP contribution in [0.3, 0.4) is 0 Å². The Morgan fingerprint density at radius 1 is 1.62 bits per heavy atom. The molecule has 1 radical (unpaired) electrons. The van der Waals surface area contributed by atoms with Gasteiger partial charge in [-0.05, 0) is 0 Å². The van der Waals surface area contributed by atoms with Crippen molar-refractivity contribution in [2.24, 2.45) is 5.73 Å². The number of ether oxygens (including phenoxy) is 1. The van der Waals surface area contributed by atoms with E-state index in [1.807, 2.05) is 0 Å². The minimum absolute atomic E-state index is 0.238. The molecule has 1 unspecified atom stereocenters. The van der Waals surface area contributed by atoms with Gasteiger partial charge in [0, 0.05) is 24.9 Å². The molecule has 0 saturated heterocycles. The zero-order chi connectivity index (χ0) is 9.68. The first-order valence-corrected chi connectivity index (χ1v) is 4.92. The normalized spacial score (nSPS) is 12.8. The predicted molar refractivity (Wildman–Crippen MR) is 54.9 cm³/mol. The van der Waals surface area contributed by atoms with Crippen LogP contribution in [0.15, 0.2) is 0 Å². The van der Waals surface area contributed by atoms with E-state index in [0.717, 1.165) is 10.0 Å². The van der Waals surface area contributed by atoms with Gasteiger partial charge in [0.05, 0.1) is 6.61 Å². The summed E-state index contributed by atoms with van der Waals surface area (Å²) in [7, 11) is 1.62. The van der Waals surface area contributed by atoms with Crippen LogP contribution < -0.4 is 5.73 Å². The Kier molecular flexibility index (Phi) is 4.37. The number of aromatic nitrogens is 2. The number of thiocarbonyl (C=S) groups is 1. The van der Waals surface area contributed by atoms with Gasteiger partial charge >= 0.3 is 0 Å². The molecule has 71 valence electrons. The Morgan fingerprint density at radius 3 is 2.92 bits per heavy atom. The number of rotatable bonds is 5. The van der Waals surface area contributed by atoms with Gasteiger partial charge in [-0.15, -0.1) is 10.2 Å². The van der Waals surface area contributed by atoms with Crippen molar-refractivity contribution in [3.8, 4) is 0 Å². The first kappa shape index (κ1) is 10.6. The molecule has 0 spiro atoms. The highest BCUT2D eigenvalue weighted by molar-refractivity contribution is 7.79. The Labute approximate surface area is 86.1 Å². The van der Waals surface area contributed by atoms with Crippen LogP contribution in [0.4, 0.5) is 0 Å². The summed E-state index contributed by atoms with van der Waals surface area (Å²) in [5.41, 5.74) is 5.58. The Balaban J connectivity index is 2.53. The Morgan fingerprint density at radius 2 is 2.31 bits per heavy atom. The molecule has 0 aliphatic rings. The standard InChI is InChI=1S/C7H10N3OS2/c1-11-3-7-10-9-6(13-7)2-5(8)4-12/h5H,2-3,8H2,1H3. The molecule has 4 nitrogen and oxygen atoms in total. The first-order chi connectivity index (χ1) is 6.26. The summed E-state index contributed by atoms with van der Waals surface area (Å²) in [5, 5.41) is 12.1. The monoisotopic (exact) mass is 216 g/mol. The Hall–Kier alpha value is -0.430. The second-order valence-corrected chi connectivity index (χ2v) is 3.83. The fourth-order valence-electron chi connectivity index (χ4n) is 0.782. The lowest BCUT2D eigenvalue weighted by Gasteiger charge is -1.97. The summed E-state index contributed by atoms with van der Waals surface area (Å²) < 4.78 is 4.91. The molecule has 2 N–H and O–H groups in total. The lowest BCUT2D eigenvalue weighted by molar-refractivity contribution is 0.184. The fraction of sp³-hybridized carbons (Fsp3) is 0.571. The van der Waals surface area contributed by atoms with Gasteiger partial charge in [-0.1, -0.05) is 23.6 Å². The van der Waals surface area contributed by atoms with Gasteiger partial charge in [-0.3, -0.25) is 0 Å². The summed E-state index contributed by atoms with van der Waals surface area (Å²) >= 11 is 6.08. The van der Waals surface area contributed by atoms with Crippen LogP contribution in [-0.2, 0) is 17.8 Å². The van der Waals surface area contributed by atoms with E-state index < -0.39 is 0 Å². The molecule has 1 rings (SSSR count). The SMILES string of the molecule is COCc1nnc(CC(N)[C]=S)s1. The topological polar surface area (TPSA) is 61.0 Å². The van der Waals surface area contributed by atoms with E-state index in [1.165, 1.54) is 11.3 Å². The third-order valence-corrected chi connectivity index (χ3v) is 2.54. The van der Waals surface area contributed by atoms with E-state index in [9.17, 15) is 0 Å². The molecule has 0 saturated carbocycles. The van der Waals surface area contributed by atoms with Gasteiger partial charge in [0.2, 0.25) is 0 Å². The third kappa shape index (κ3) is 3.43. The molecule has 0 aromatic carbocycles. The van der Waals surface area contributed by atoms with Crippen LogP contribution in [0.2, 0.25) is 0 Å². The van der Waals surface area contributed by atoms with Gasteiger partial charge in [-0.2, -0.15) is 0 Å². The minimum Gasteiger partial charge on any atom is -0.377 e. The van der Waals surface area contributed by atoms with Crippen LogP contribution in [0.25, 0.3) is 0 Å². The van der Waals surface area contributed by atoms with Crippen LogP contribution in [0.1, 0.15) is 10.0 Å². The molecule has 6 heteroatoms. The maximum atomic E-state index is 5.58. The lowest BCUT2D eigenvalue weighted by Crippen LogP contribution is -2.23. The summed E-state index contributed by atoms with van der Waals surface area (Å²) in [6, 6.07) is -0.238. The molecule has 0 aliphatic carbocycles. The highest BCUT2D eigenvalue weighted by Gasteiger charge is 2.07. The number of nitrogens with two attached hydrogens (primary N) is 1. The van der Waals surface area contributed by atoms with Crippen LogP contribution >= 0.6 is 23.6 Å². The minimum atomic E-state index is -0.238. The van der Waals surface area contributed by atoms with Gasteiger partial charge in [0.15, 0.2) is 0 Å². The molecule has 1 heterocycles. The molecule has 13 heavy (non-hydrogen) atoms. The number of nitrogens with zero attached hydrogens (tertiary/aromatic N) is 2. The Bertz CT molecular complexity index is 276. The number of hydrogen-bond acceptors (Lipinski definition) is 6. The molecular weight excluding hydrogens is 206 g/mol. The number of methoxy groups -OCH3 is 1. The van der Waals surface area contributed by atoms with E-state index in [-0.39, 0.29) is 6.04 Å². The largest absolute Gasteiger partial charge is 0.377 e. The predicted octanol–water partition coefficient (Wildman–Crippen LogP) is 0.431. The highest BCUT2D eigenvalue weighted by Crippen LogP contribution is 2.11. The zero-order valence-corrected chi connectivity index (χ0v) is 8.82. The number of hydrogen-bond donors (Lipinski definition) is 1. The van der Waals surface area contributed by atoms with E-state index in [4.69, 9.17) is 10.5 Å². The molecule has 1 atom stereocenters. The molecule has 1 aromatic heterocycles. The fourth-order valence-corrected chi connectivity index (χ4v) is 1.74. The van der Waals surface area contributed by atoms with Crippen molar-refractivity contribution in [1.82, 2.24) is 10.2 Å². The maximum Gasteiger partial charge on any atom is 0.143 e. The quantitative estimate of drug-likeness (QED) is 0.723. The van der Waals surface area contributed by atoms with Crippen LogP contribution in [0, 0.1) is 0 Å². The zero-order valence-electron chi connectivity index (χ0n) is 7.19. The van der Waals surface area contributed by atoms with Crippen LogP contribution in [-0.4, -0.2) is 28.7 Å². The van der Waals surface area contributed by atoms with E-state index >= 15 is 0 Å². The van der Waals surface area contributed by atoms with Crippen molar-refractivity contribution in [3.05, 3.63) is 10.0 Å². The van der Waals surface area contributed by atoms with Crippen LogP contribution in [0.5, 0.6) is 0 Å². The first-order valence-electron chi connectivity index (χ1n) is 3.69. The molecular formula is C7H10N3OS2. The van der Waals surface area contributed by atoms with Crippen molar-refractivity contribution < 1.29 is 4.74 Å². The summed E-state index contributed by atoms with van der Waals surface area (Å²) in [6.45, 7) is 0.494. The second kappa shape index (κ2) is 5.33. The molecule has 0 bridgehead atoms. The summed E-state index contributed by atoms with van der Waals surface area (Å²) in [5.74, 6) is 0. The lowest BCUT2D eigenvalue weighted by atomic mass is 10.3. The summed E-state index contributed by atoms with van der Waals surface area (Å²) in [4.78, 5) is 0. The van der Waals surface area contributed by atoms with Gasteiger partial charge in [0.25, 0.3) is 0 Å². The van der Waals surface area contributed by atoms with Crippen molar-refractivity contribution in [1.29, 1.82) is 0 Å².